The zero-order valence-corrected chi connectivity index (χ0v) is 13.7. The van der Waals surface area contributed by atoms with Gasteiger partial charge in [0.2, 0.25) is 0 Å². The summed E-state index contributed by atoms with van der Waals surface area (Å²) in [5.41, 5.74) is -0.124. The van der Waals surface area contributed by atoms with Crippen molar-refractivity contribution in [2.75, 3.05) is 0 Å². The first kappa shape index (κ1) is 15.4. The fourth-order valence-corrected chi connectivity index (χ4v) is 2.66. The summed E-state index contributed by atoms with van der Waals surface area (Å²) in [5.74, 6) is 0.977. The highest BCUT2D eigenvalue weighted by molar-refractivity contribution is 9.10. The Labute approximate surface area is 128 Å². The second kappa shape index (κ2) is 5.41. The molecule has 0 saturated carbocycles. The molecule has 1 aromatic rings. The SMILES string of the molecule is CC(C)(O)CCC[C@@]1(C)C=Cc2cc(O)c(Br)cc2O1. The fourth-order valence-electron chi connectivity index (χ4n) is 2.34. The molecule has 4 heteroatoms. The Kier molecular flexibility index (Phi) is 4.17. The standard InChI is InChI=1S/C16H21BrO3/c1-15(2,19)6-4-7-16(3)8-5-11-9-13(18)12(17)10-14(11)20-16/h5,8-10,18-19H,4,6-7H2,1-3H3/t16-/m0/s1. The molecule has 0 aromatic heterocycles. The summed E-state index contributed by atoms with van der Waals surface area (Å²) in [6, 6.07) is 3.48. The quantitative estimate of drug-likeness (QED) is 0.860. The molecule has 1 aromatic carbocycles. The van der Waals surface area contributed by atoms with Gasteiger partial charge in [-0.15, -0.1) is 0 Å². The van der Waals surface area contributed by atoms with E-state index in [0.717, 1.165) is 30.6 Å². The van der Waals surface area contributed by atoms with Crippen molar-refractivity contribution in [1.29, 1.82) is 0 Å². The molecular weight excluding hydrogens is 320 g/mol. The number of phenols is 1. The average molecular weight is 341 g/mol. The van der Waals surface area contributed by atoms with Crippen LogP contribution < -0.4 is 4.74 Å². The molecule has 0 amide bonds. The molecule has 0 radical (unpaired) electrons. The van der Waals surface area contributed by atoms with Crippen LogP contribution in [0.3, 0.4) is 0 Å². The third kappa shape index (κ3) is 3.76. The van der Waals surface area contributed by atoms with E-state index >= 15 is 0 Å². The summed E-state index contributed by atoms with van der Waals surface area (Å²) in [5, 5.41) is 19.4. The number of hydrogen-bond donors (Lipinski definition) is 2. The average Bonchev–Trinajstić information content (AvgIpc) is 2.29. The first-order chi connectivity index (χ1) is 9.19. The van der Waals surface area contributed by atoms with E-state index < -0.39 is 5.60 Å². The Bertz CT molecular complexity index is 531. The first-order valence-electron chi connectivity index (χ1n) is 6.82. The van der Waals surface area contributed by atoms with E-state index in [1.165, 1.54) is 0 Å². The number of aliphatic hydroxyl groups is 1. The maximum absolute atomic E-state index is 9.76. The number of phenolic OH excluding ortho intramolecular Hbond substituents is 1. The van der Waals surface area contributed by atoms with Gasteiger partial charge in [-0.3, -0.25) is 0 Å². The summed E-state index contributed by atoms with van der Waals surface area (Å²) in [6.45, 7) is 5.68. The van der Waals surface area contributed by atoms with Crippen molar-refractivity contribution in [2.45, 2.75) is 51.2 Å². The summed E-state index contributed by atoms with van der Waals surface area (Å²) < 4.78 is 6.69. The summed E-state index contributed by atoms with van der Waals surface area (Å²) in [6.07, 6.45) is 6.47. The molecule has 0 aliphatic carbocycles. The van der Waals surface area contributed by atoms with Crippen molar-refractivity contribution < 1.29 is 14.9 Å². The van der Waals surface area contributed by atoms with Crippen molar-refractivity contribution in [3.05, 3.63) is 28.2 Å². The van der Waals surface area contributed by atoms with E-state index in [0.29, 0.717) is 4.47 Å². The molecule has 1 aliphatic rings. The maximum atomic E-state index is 9.76. The van der Waals surface area contributed by atoms with Crippen LogP contribution in [0.25, 0.3) is 6.08 Å². The van der Waals surface area contributed by atoms with Crippen molar-refractivity contribution >= 4 is 22.0 Å². The first-order valence-corrected chi connectivity index (χ1v) is 7.61. The Morgan fingerprint density at radius 2 is 2.05 bits per heavy atom. The highest BCUT2D eigenvalue weighted by Gasteiger charge is 2.28. The van der Waals surface area contributed by atoms with Crippen molar-refractivity contribution in [2.24, 2.45) is 0 Å². The predicted octanol–water partition coefficient (Wildman–Crippen LogP) is 4.26. The van der Waals surface area contributed by atoms with Gasteiger partial charge in [-0.05, 0) is 74.2 Å². The van der Waals surface area contributed by atoms with Crippen LogP contribution >= 0.6 is 15.9 Å². The summed E-state index contributed by atoms with van der Waals surface area (Å²) in [7, 11) is 0. The second-order valence-corrected chi connectivity index (χ2v) is 7.11. The van der Waals surface area contributed by atoms with Crippen molar-refractivity contribution in [3.8, 4) is 11.5 Å². The lowest BCUT2D eigenvalue weighted by Gasteiger charge is -2.32. The number of benzene rings is 1. The van der Waals surface area contributed by atoms with Crippen molar-refractivity contribution in [3.63, 3.8) is 0 Å². The number of hydrogen-bond acceptors (Lipinski definition) is 3. The Morgan fingerprint density at radius 3 is 2.70 bits per heavy atom. The Morgan fingerprint density at radius 1 is 1.35 bits per heavy atom. The lowest BCUT2D eigenvalue weighted by Crippen LogP contribution is -2.32. The van der Waals surface area contributed by atoms with Crippen LogP contribution in [0.1, 0.15) is 45.6 Å². The van der Waals surface area contributed by atoms with E-state index in [1.807, 2.05) is 32.9 Å². The van der Waals surface area contributed by atoms with Crippen LogP contribution in [0.4, 0.5) is 0 Å². The minimum absolute atomic E-state index is 0.211. The normalized spacial score (nSPS) is 21.4. The third-order valence-electron chi connectivity index (χ3n) is 3.50. The van der Waals surface area contributed by atoms with Gasteiger partial charge in [-0.2, -0.15) is 0 Å². The zero-order valence-electron chi connectivity index (χ0n) is 12.1. The van der Waals surface area contributed by atoms with Crippen LogP contribution in [0.15, 0.2) is 22.7 Å². The van der Waals surface area contributed by atoms with E-state index in [1.54, 1.807) is 12.1 Å². The zero-order chi connectivity index (χ0) is 15.0. The minimum Gasteiger partial charge on any atom is -0.507 e. The third-order valence-corrected chi connectivity index (χ3v) is 4.13. The second-order valence-electron chi connectivity index (χ2n) is 6.26. The van der Waals surface area contributed by atoms with Gasteiger partial charge in [-0.25, -0.2) is 0 Å². The highest BCUT2D eigenvalue weighted by atomic mass is 79.9. The molecule has 1 aliphatic heterocycles. The number of rotatable bonds is 4. The molecule has 0 fully saturated rings. The van der Waals surface area contributed by atoms with E-state index in [4.69, 9.17) is 4.74 Å². The van der Waals surface area contributed by atoms with Gasteiger partial charge in [0.1, 0.15) is 17.1 Å². The molecule has 0 bridgehead atoms. The van der Waals surface area contributed by atoms with Gasteiger partial charge < -0.3 is 14.9 Å². The van der Waals surface area contributed by atoms with Crippen LogP contribution in [0, 0.1) is 0 Å². The van der Waals surface area contributed by atoms with Crippen LogP contribution in [-0.2, 0) is 0 Å². The molecular formula is C16H21BrO3. The maximum Gasteiger partial charge on any atom is 0.130 e. The highest BCUT2D eigenvalue weighted by Crippen LogP contribution is 2.39. The Balaban J connectivity index is 2.08. The summed E-state index contributed by atoms with van der Waals surface area (Å²) in [4.78, 5) is 0. The molecule has 1 heterocycles. The number of halogens is 1. The smallest absolute Gasteiger partial charge is 0.130 e. The van der Waals surface area contributed by atoms with Crippen LogP contribution in [0.2, 0.25) is 0 Å². The van der Waals surface area contributed by atoms with Crippen LogP contribution in [0.5, 0.6) is 11.5 Å². The monoisotopic (exact) mass is 340 g/mol. The van der Waals surface area contributed by atoms with E-state index in [2.05, 4.69) is 15.9 Å². The van der Waals surface area contributed by atoms with Crippen molar-refractivity contribution in [1.82, 2.24) is 0 Å². The molecule has 0 saturated heterocycles. The van der Waals surface area contributed by atoms with Gasteiger partial charge in [0.05, 0.1) is 10.1 Å². The predicted molar refractivity (Wildman–Crippen MR) is 84.0 cm³/mol. The summed E-state index contributed by atoms with van der Waals surface area (Å²) >= 11 is 3.30. The topological polar surface area (TPSA) is 49.7 Å². The molecule has 1 atom stereocenters. The fraction of sp³-hybridized carbons (Fsp3) is 0.500. The Hall–Kier alpha value is -1.00. The molecule has 110 valence electrons. The molecule has 2 N–H and O–H groups in total. The molecule has 0 unspecified atom stereocenters. The largest absolute Gasteiger partial charge is 0.507 e. The number of ether oxygens (including phenoxy) is 1. The van der Waals surface area contributed by atoms with Gasteiger partial charge in [-0.1, -0.05) is 6.08 Å². The van der Waals surface area contributed by atoms with Crippen LogP contribution in [-0.4, -0.2) is 21.4 Å². The van der Waals surface area contributed by atoms with E-state index in [-0.39, 0.29) is 11.4 Å². The molecule has 0 spiro atoms. The molecule has 3 nitrogen and oxygen atoms in total. The lowest BCUT2D eigenvalue weighted by atomic mass is 9.91. The minimum atomic E-state index is -0.637. The van der Waals surface area contributed by atoms with Gasteiger partial charge in [0.15, 0.2) is 0 Å². The number of fused-ring (bicyclic) bond motifs is 1. The lowest BCUT2D eigenvalue weighted by molar-refractivity contribution is 0.0576. The van der Waals surface area contributed by atoms with E-state index in [9.17, 15) is 10.2 Å². The molecule has 2 rings (SSSR count). The molecule has 20 heavy (non-hydrogen) atoms. The number of aromatic hydroxyl groups is 1. The van der Waals surface area contributed by atoms with Gasteiger partial charge in [0, 0.05) is 5.56 Å². The van der Waals surface area contributed by atoms with Gasteiger partial charge in [0.25, 0.3) is 0 Å². The van der Waals surface area contributed by atoms with Gasteiger partial charge >= 0.3 is 0 Å².